The van der Waals surface area contributed by atoms with Gasteiger partial charge in [0.05, 0.1) is 18.3 Å². The minimum absolute atomic E-state index is 0.104. The Hall–Kier alpha value is -1.75. The van der Waals surface area contributed by atoms with Crippen LogP contribution in [0, 0.1) is 0 Å². The molecule has 22 heavy (non-hydrogen) atoms. The van der Waals surface area contributed by atoms with Gasteiger partial charge in [-0.2, -0.15) is 4.98 Å². The van der Waals surface area contributed by atoms with Crippen LogP contribution in [-0.4, -0.2) is 26.6 Å². The first-order valence-corrected chi connectivity index (χ1v) is 8.02. The number of hydrogen-bond acceptors (Lipinski definition) is 5. The van der Waals surface area contributed by atoms with Crippen molar-refractivity contribution in [3.8, 4) is 0 Å². The summed E-state index contributed by atoms with van der Waals surface area (Å²) in [6, 6.07) is 6.48. The van der Waals surface area contributed by atoms with Gasteiger partial charge < -0.3 is 4.52 Å². The molecule has 118 valence electrons. The summed E-state index contributed by atoms with van der Waals surface area (Å²) in [7, 11) is 0. The molecule has 3 heterocycles. The zero-order chi connectivity index (χ0) is 15.6. The van der Waals surface area contributed by atoms with Gasteiger partial charge in [-0.1, -0.05) is 38.4 Å². The highest BCUT2D eigenvalue weighted by Crippen LogP contribution is 2.30. The van der Waals surface area contributed by atoms with Gasteiger partial charge in [0.25, 0.3) is 0 Å². The first kappa shape index (κ1) is 15.2. The highest BCUT2D eigenvalue weighted by atomic mass is 16.5. The third kappa shape index (κ3) is 3.35. The first-order valence-electron chi connectivity index (χ1n) is 8.02. The van der Waals surface area contributed by atoms with Gasteiger partial charge in [0.15, 0.2) is 5.82 Å². The number of aromatic nitrogens is 3. The summed E-state index contributed by atoms with van der Waals surface area (Å²) in [5.74, 6) is 1.47. The van der Waals surface area contributed by atoms with Gasteiger partial charge in [0.1, 0.15) is 0 Å². The summed E-state index contributed by atoms with van der Waals surface area (Å²) in [4.78, 5) is 11.5. The van der Waals surface area contributed by atoms with Gasteiger partial charge in [-0.25, -0.2) is 0 Å². The van der Waals surface area contributed by atoms with Crippen molar-refractivity contribution < 1.29 is 4.52 Å². The Labute approximate surface area is 131 Å². The maximum absolute atomic E-state index is 5.41. The summed E-state index contributed by atoms with van der Waals surface area (Å²) < 4.78 is 5.41. The lowest BCUT2D eigenvalue weighted by Gasteiger charge is -2.34. The highest BCUT2D eigenvalue weighted by molar-refractivity contribution is 5.10. The van der Waals surface area contributed by atoms with E-state index in [-0.39, 0.29) is 5.41 Å². The van der Waals surface area contributed by atoms with Gasteiger partial charge >= 0.3 is 0 Å². The maximum atomic E-state index is 5.41. The second kappa shape index (κ2) is 6.16. The van der Waals surface area contributed by atoms with E-state index < -0.39 is 0 Å². The molecule has 1 atom stereocenters. The second-order valence-electron chi connectivity index (χ2n) is 7.00. The molecule has 0 bridgehead atoms. The molecule has 3 rings (SSSR count). The minimum Gasteiger partial charge on any atom is -0.339 e. The molecular formula is C17H24N4O. The number of pyridine rings is 1. The van der Waals surface area contributed by atoms with Crippen LogP contribution in [0.4, 0.5) is 0 Å². The molecule has 0 spiro atoms. The summed E-state index contributed by atoms with van der Waals surface area (Å²) in [5.41, 5.74) is 1.04. The molecule has 0 aromatic carbocycles. The average Bonchev–Trinajstić information content (AvgIpc) is 2.97. The van der Waals surface area contributed by atoms with Gasteiger partial charge in [-0.15, -0.1) is 0 Å². The molecule has 0 unspecified atom stereocenters. The predicted molar refractivity (Wildman–Crippen MR) is 84.2 cm³/mol. The Bertz CT molecular complexity index is 603. The Morgan fingerprint density at radius 2 is 2.14 bits per heavy atom. The zero-order valence-electron chi connectivity index (χ0n) is 13.6. The molecule has 0 N–H and O–H groups in total. The standard InChI is InChI=1S/C17H24N4O/c1-17(2,3)16-19-15(20-22-16)12-21-11-7-5-9-14(21)13-8-4-6-10-18-13/h4,6,8,10,14H,5,7,9,11-12H2,1-3H3/t14-/m0/s1. The van der Waals surface area contributed by atoms with Gasteiger partial charge in [-0.3, -0.25) is 9.88 Å². The summed E-state index contributed by atoms with van der Waals surface area (Å²) in [6.07, 6.45) is 5.47. The molecule has 1 aliphatic heterocycles. The fraction of sp³-hybridized carbons (Fsp3) is 0.588. The molecule has 0 saturated carbocycles. The van der Waals surface area contributed by atoms with Crippen molar-refractivity contribution >= 4 is 0 Å². The van der Waals surface area contributed by atoms with Gasteiger partial charge in [0, 0.05) is 11.6 Å². The second-order valence-corrected chi connectivity index (χ2v) is 7.00. The molecule has 5 heteroatoms. The number of rotatable bonds is 3. The quantitative estimate of drug-likeness (QED) is 0.868. The lowest BCUT2D eigenvalue weighted by Crippen LogP contribution is -2.33. The van der Waals surface area contributed by atoms with E-state index in [0.717, 1.165) is 31.0 Å². The topological polar surface area (TPSA) is 55.1 Å². The number of nitrogens with zero attached hydrogens (tertiary/aromatic N) is 4. The summed E-state index contributed by atoms with van der Waals surface area (Å²) in [6.45, 7) is 8.03. The summed E-state index contributed by atoms with van der Waals surface area (Å²) in [5, 5.41) is 4.16. The average molecular weight is 300 g/mol. The molecule has 1 aliphatic rings. The highest BCUT2D eigenvalue weighted by Gasteiger charge is 2.27. The van der Waals surface area contributed by atoms with Crippen molar-refractivity contribution in [3.63, 3.8) is 0 Å². The number of piperidine rings is 1. The van der Waals surface area contributed by atoms with E-state index in [1.54, 1.807) is 0 Å². The van der Waals surface area contributed by atoms with Crippen molar-refractivity contribution in [2.45, 2.75) is 58.0 Å². The van der Waals surface area contributed by atoms with Crippen molar-refractivity contribution in [1.29, 1.82) is 0 Å². The van der Waals surface area contributed by atoms with Crippen LogP contribution in [0.3, 0.4) is 0 Å². The van der Waals surface area contributed by atoms with E-state index in [2.05, 4.69) is 52.9 Å². The third-order valence-electron chi connectivity index (χ3n) is 4.10. The summed E-state index contributed by atoms with van der Waals surface area (Å²) >= 11 is 0. The monoisotopic (exact) mass is 300 g/mol. The molecule has 1 saturated heterocycles. The van der Waals surface area contributed by atoms with Crippen LogP contribution in [0.2, 0.25) is 0 Å². The lowest BCUT2D eigenvalue weighted by atomic mass is 9.97. The first-order chi connectivity index (χ1) is 10.5. The smallest absolute Gasteiger partial charge is 0.232 e. The van der Waals surface area contributed by atoms with E-state index in [1.165, 1.54) is 12.8 Å². The maximum Gasteiger partial charge on any atom is 0.232 e. The Morgan fingerprint density at radius 3 is 2.82 bits per heavy atom. The van der Waals surface area contributed by atoms with Crippen molar-refractivity contribution in [2.75, 3.05) is 6.54 Å². The van der Waals surface area contributed by atoms with Crippen LogP contribution in [-0.2, 0) is 12.0 Å². The van der Waals surface area contributed by atoms with E-state index >= 15 is 0 Å². The third-order valence-corrected chi connectivity index (χ3v) is 4.10. The minimum atomic E-state index is -0.104. The van der Waals surface area contributed by atoms with Crippen molar-refractivity contribution in [2.24, 2.45) is 0 Å². The Kier molecular flexibility index (Phi) is 4.25. The SMILES string of the molecule is CC(C)(C)c1nc(CN2CCCC[C@H]2c2ccccn2)no1. The van der Waals surface area contributed by atoms with Crippen LogP contribution in [0.1, 0.15) is 63.5 Å². The lowest BCUT2D eigenvalue weighted by molar-refractivity contribution is 0.132. The number of likely N-dealkylation sites (tertiary alicyclic amines) is 1. The molecule has 0 amide bonds. The molecule has 0 radical (unpaired) electrons. The van der Waals surface area contributed by atoms with Gasteiger partial charge in [-0.05, 0) is 31.5 Å². The van der Waals surface area contributed by atoms with Crippen LogP contribution in [0.5, 0.6) is 0 Å². The Balaban J connectivity index is 1.76. The van der Waals surface area contributed by atoms with Crippen LogP contribution in [0.25, 0.3) is 0 Å². The van der Waals surface area contributed by atoms with Gasteiger partial charge in [0.2, 0.25) is 5.89 Å². The Morgan fingerprint density at radius 1 is 1.27 bits per heavy atom. The zero-order valence-corrected chi connectivity index (χ0v) is 13.6. The van der Waals surface area contributed by atoms with E-state index in [9.17, 15) is 0 Å². The van der Waals surface area contributed by atoms with E-state index in [0.29, 0.717) is 11.9 Å². The molecule has 2 aromatic heterocycles. The van der Waals surface area contributed by atoms with Crippen LogP contribution in [0.15, 0.2) is 28.9 Å². The molecule has 5 nitrogen and oxygen atoms in total. The number of hydrogen-bond donors (Lipinski definition) is 0. The fourth-order valence-corrected chi connectivity index (χ4v) is 2.89. The van der Waals surface area contributed by atoms with E-state index in [1.807, 2.05) is 12.3 Å². The molecule has 0 aliphatic carbocycles. The van der Waals surface area contributed by atoms with Crippen LogP contribution < -0.4 is 0 Å². The predicted octanol–water partition coefficient (Wildman–Crippen LogP) is 3.49. The van der Waals surface area contributed by atoms with Crippen molar-refractivity contribution in [1.82, 2.24) is 20.0 Å². The molecular weight excluding hydrogens is 276 g/mol. The van der Waals surface area contributed by atoms with Crippen LogP contribution >= 0.6 is 0 Å². The largest absolute Gasteiger partial charge is 0.339 e. The van der Waals surface area contributed by atoms with Crippen molar-refractivity contribution in [3.05, 3.63) is 41.8 Å². The fourth-order valence-electron chi connectivity index (χ4n) is 2.89. The normalized spacial score (nSPS) is 20.2. The molecule has 1 fully saturated rings. The molecule has 2 aromatic rings. The van der Waals surface area contributed by atoms with E-state index in [4.69, 9.17) is 4.52 Å².